The van der Waals surface area contributed by atoms with Crippen LogP contribution in [0.2, 0.25) is 0 Å². The minimum atomic E-state index is -1.28. The minimum Gasteiger partial charge on any atom is -0.478 e. The van der Waals surface area contributed by atoms with Gasteiger partial charge in [0.15, 0.2) is 0 Å². The van der Waals surface area contributed by atoms with Crippen LogP contribution in [0.4, 0.5) is 9.18 Å². The second-order valence-electron chi connectivity index (χ2n) is 11.2. The van der Waals surface area contributed by atoms with E-state index in [1.807, 2.05) is 30.3 Å². The number of carboxylic acid groups (broad SMARTS) is 1. The van der Waals surface area contributed by atoms with E-state index in [1.54, 1.807) is 17.0 Å². The third kappa shape index (κ3) is 6.91. The Morgan fingerprint density at radius 3 is 2.34 bits per heavy atom. The van der Waals surface area contributed by atoms with Gasteiger partial charge in [-0.2, -0.15) is 0 Å². The molecule has 3 aliphatic rings. The third-order valence-corrected chi connectivity index (χ3v) is 8.37. The number of amides is 1. The van der Waals surface area contributed by atoms with Crippen molar-refractivity contribution in [3.8, 4) is 0 Å². The number of likely N-dealkylation sites (tertiary alicyclic amines) is 2. The first-order valence-corrected chi connectivity index (χ1v) is 13.8. The highest BCUT2D eigenvalue weighted by Crippen LogP contribution is 2.41. The fourth-order valence-electron chi connectivity index (χ4n) is 5.67. The predicted molar refractivity (Wildman–Crippen MR) is 143 cm³/mol. The van der Waals surface area contributed by atoms with E-state index >= 15 is 4.39 Å². The van der Waals surface area contributed by atoms with Gasteiger partial charge in [-0.05, 0) is 61.5 Å². The zero-order valence-electron chi connectivity index (χ0n) is 21.9. The van der Waals surface area contributed by atoms with Crippen molar-refractivity contribution in [1.82, 2.24) is 15.1 Å². The highest BCUT2D eigenvalue weighted by atomic mass is 19.1. The van der Waals surface area contributed by atoms with E-state index in [0.29, 0.717) is 62.5 Å². The Labute approximate surface area is 224 Å². The summed E-state index contributed by atoms with van der Waals surface area (Å²) in [5.74, 6) is -0.106. The van der Waals surface area contributed by atoms with Gasteiger partial charge in [0, 0.05) is 51.0 Å². The van der Waals surface area contributed by atoms with Crippen LogP contribution in [-0.4, -0.2) is 78.0 Å². The normalized spacial score (nSPS) is 23.7. The van der Waals surface area contributed by atoms with E-state index in [-0.39, 0.29) is 6.09 Å². The van der Waals surface area contributed by atoms with E-state index < -0.39 is 11.6 Å². The maximum absolute atomic E-state index is 15.4. The molecule has 38 heavy (non-hydrogen) atoms. The third-order valence-electron chi connectivity index (χ3n) is 8.37. The van der Waals surface area contributed by atoms with Crippen molar-refractivity contribution in [3.05, 3.63) is 71.3 Å². The number of carboxylic acids is 1. The molecular formula is C30H38FN3O4. The summed E-state index contributed by atoms with van der Waals surface area (Å²) in [6, 6.07) is 17.7. The topological polar surface area (TPSA) is 82.1 Å². The molecule has 0 spiro atoms. The molecule has 2 aliphatic heterocycles. The molecule has 0 bridgehead atoms. The van der Waals surface area contributed by atoms with E-state index in [1.165, 1.54) is 5.56 Å². The Morgan fingerprint density at radius 1 is 1.00 bits per heavy atom. The Hall–Kier alpha value is -2.97. The SMILES string of the molecule is O=C(O)c1ccc(CN2CCC(COC(=O)N3CCC(F)(CNC4CC4c4ccccc4)CC3)CC2)cc1. The summed E-state index contributed by atoms with van der Waals surface area (Å²) in [5, 5.41) is 12.5. The second kappa shape index (κ2) is 11.8. The number of aromatic carboxylic acids is 1. The Morgan fingerprint density at radius 2 is 1.68 bits per heavy atom. The summed E-state index contributed by atoms with van der Waals surface area (Å²) in [4.78, 5) is 27.6. The van der Waals surface area contributed by atoms with Gasteiger partial charge >= 0.3 is 12.1 Å². The number of alkyl halides is 1. The molecule has 0 aromatic heterocycles. The number of nitrogens with one attached hydrogen (secondary N) is 1. The summed E-state index contributed by atoms with van der Waals surface area (Å²) < 4.78 is 21.0. The van der Waals surface area contributed by atoms with Crippen molar-refractivity contribution >= 4 is 12.1 Å². The number of hydrogen-bond donors (Lipinski definition) is 2. The molecule has 0 radical (unpaired) electrons. The number of halogens is 1. The molecule has 2 atom stereocenters. The summed E-state index contributed by atoms with van der Waals surface area (Å²) in [6.45, 7) is 4.14. The number of rotatable bonds is 9. The molecule has 2 N–H and O–H groups in total. The monoisotopic (exact) mass is 523 g/mol. The van der Waals surface area contributed by atoms with E-state index in [9.17, 15) is 9.59 Å². The van der Waals surface area contributed by atoms with Gasteiger partial charge in [0.25, 0.3) is 0 Å². The Bertz CT molecular complexity index is 1080. The molecular weight excluding hydrogens is 485 g/mol. The molecule has 2 saturated heterocycles. The van der Waals surface area contributed by atoms with Crippen molar-refractivity contribution in [2.45, 2.75) is 56.3 Å². The lowest BCUT2D eigenvalue weighted by Crippen LogP contribution is -2.49. The van der Waals surface area contributed by atoms with Crippen molar-refractivity contribution < 1.29 is 23.8 Å². The second-order valence-corrected chi connectivity index (χ2v) is 11.2. The van der Waals surface area contributed by atoms with Crippen LogP contribution in [-0.2, 0) is 11.3 Å². The maximum atomic E-state index is 15.4. The average Bonchev–Trinajstić information content (AvgIpc) is 3.73. The quantitative estimate of drug-likeness (QED) is 0.497. The van der Waals surface area contributed by atoms with E-state index in [2.05, 4.69) is 22.3 Å². The van der Waals surface area contributed by atoms with Crippen LogP contribution in [0.5, 0.6) is 0 Å². The summed E-state index contributed by atoms with van der Waals surface area (Å²) in [5.41, 5.74) is 1.43. The number of ether oxygens (including phenoxy) is 1. The van der Waals surface area contributed by atoms with Crippen molar-refractivity contribution in [3.63, 3.8) is 0 Å². The lowest BCUT2D eigenvalue weighted by molar-refractivity contribution is 0.0324. The van der Waals surface area contributed by atoms with Gasteiger partial charge in [-0.25, -0.2) is 14.0 Å². The number of nitrogens with zero attached hydrogens (tertiary/aromatic N) is 2. The summed E-state index contributed by atoms with van der Waals surface area (Å²) in [6.07, 6.45) is 3.30. The molecule has 8 heteroatoms. The first kappa shape index (κ1) is 26.6. The fraction of sp³-hybridized carbons (Fsp3) is 0.533. The molecule has 1 aliphatic carbocycles. The molecule has 5 rings (SSSR count). The Kier molecular flexibility index (Phi) is 8.29. The molecule has 1 saturated carbocycles. The smallest absolute Gasteiger partial charge is 0.409 e. The van der Waals surface area contributed by atoms with Gasteiger partial charge < -0.3 is 20.1 Å². The lowest BCUT2D eigenvalue weighted by Gasteiger charge is -2.36. The fourth-order valence-corrected chi connectivity index (χ4v) is 5.67. The van der Waals surface area contributed by atoms with Gasteiger partial charge in [0.05, 0.1) is 12.2 Å². The highest BCUT2D eigenvalue weighted by Gasteiger charge is 2.42. The maximum Gasteiger partial charge on any atom is 0.409 e. The van der Waals surface area contributed by atoms with Gasteiger partial charge in [0.1, 0.15) is 5.67 Å². The van der Waals surface area contributed by atoms with Crippen LogP contribution in [0.15, 0.2) is 54.6 Å². The highest BCUT2D eigenvalue weighted by molar-refractivity contribution is 5.87. The zero-order chi connectivity index (χ0) is 26.5. The van der Waals surface area contributed by atoms with Gasteiger partial charge in [-0.1, -0.05) is 42.5 Å². The Balaban J connectivity index is 0.964. The minimum absolute atomic E-state index is 0.298. The molecule has 2 aromatic rings. The number of carbonyl (C=O) groups is 2. The summed E-state index contributed by atoms with van der Waals surface area (Å²) in [7, 11) is 0. The van der Waals surface area contributed by atoms with Crippen molar-refractivity contribution in [2.75, 3.05) is 39.3 Å². The van der Waals surface area contributed by atoms with Gasteiger partial charge in [0.2, 0.25) is 0 Å². The molecule has 204 valence electrons. The largest absolute Gasteiger partial charge is 0.478 e. The number of hydrogen-bond acceptors (Lipinski definition) is 5. The van der Waals surface area contributed by atoms with Crippen molar-refractivity contribution in [1.29, 1.82) is 0 Å². The zero-order valence-corrected chi connectivity index (χ0v) is 21.9. The molecule has 2 aromatic carbocycles. The first-order valence-electron chi connectivity index (χ1n) is 13.8. The van der Waals surface area contributed by atoms with Gasteiger partial charge in [-0.15, -0.1) is 0 Å². The van der Waals surface area contributed by atoms with E-state index in [4.69, 9.17) is 9.84 Å². The van der Waals surface area contributed by atoms with Crippen LogP contribution in [0.3, 0.4) is 0 Å². The number of benzene rings is 2. The number of piperidine rings is 2. The number of carbonyl (C=O) groups excluding carboxylic acids is 1. The van der Waals surface area contributed by atoms with Crippen LogP contribution < -0.4 is 5.32 Å². The first-order chi connectivity index (χ1) is 18.4. The lowest BCUT2D eigenvalue weighted by atomic mass is 9.93. The molecule has 7 nitrogen and oxygen atoms in total. The standard InChI is InChI=1S/C30H38FN3O4/c31-30(21-32-27-18-26(27)24-4-2-1-3-5-24)12-16-34(17-13-30)29(37)38-20-23-10-14-33(15-11-23)19-22-6-8-25(9-7-22)28(35)36/h1-9,23,26-27,32H,10-21H2,(H,35,36). The molecule has 3 fully saturated rings. The van der Waals surface area contributed by atoms with Gasteiger partial charge in [-0.3, -0.25) is 4.90 Å². The van der Waals surface area contributed by atoms with Crippen LogP contribution in [0.1, 0.15) is 59.5 Å². The summed E-state index contributed by atoms with van der Waals surface area (Å²) >= 11 is 0. The van der Waals surface area contributed by atoms with Crippen LogP contribution in [0.25, 0.3) is 0 Å². The van der Waals surface area contributed by atoms with Crippen LogP contribution >= 0.6 is 0 Å². The van der Waals surface area contributed by atoms with Crippen LogP contribution in [0, 0.1) is 5.92 Å². The molecule has 2 heterocycles. The average molecular weight is 524 g/mol. The van der Waals surface area contributed by atoms with Crippen molar-refractivity contribution in [2.24, 2.45) is 5.92 Å². The van der Waals surface area contributed by atoms with E-state index in [0.717, 1.165) is 44.5 Å². The molecule has 1 amide bonds. The molecule has 2 unspecified atom stereocenters. The predicted octanol–water partition coefficient (Wildman–Crippen LogP) is 4.68.